The number of aromatic nitrogens is 2. The number of fused-ring (bicyclic) bond motifs is 1. The number of aliphatic carboxylic acids is 1. The number of ether oxygens (including phenoxy) is 2. The number of likely N-dealkylation sites (N-methyl/N-ethyl adjacent to an activating group) is 1. The zero-order valence-corrected chi connectivity index (χ0v) is 18.4. The lowest BCUT2D eigenvalue weighted by Crippen LogP contribution is -2.43. The van der Waals surface area contributed by atoms with Gasteiger partial charge < -0.3 is 19.5 Å². The third-order valence-electron chi connectivity index (χ3n) is 4.89. The van der Waals surface area contributed by atoms with E-state index in [9.17, 15) is 19.5 Å². The predicted octanol–water partition coefficient (Wildman–Crippen LogP) is 3.54. The van der Waals surface area contributed by atoms with Crippen LogP contribution in [0, 0.1) is 5.92 Å². The molecule has 0 saturated carbocycles. The summed E-state index contributed by atoms with van der Waals surface area (Å²) in [6.07, 6.45) is 2.73. The monoisotopic (exact) mass is 419 g/mol. The summed E-state index contributed by atoms with van der Waals surface area (Å²) in [4.78, 5) is 43.0. The van der Waals surface area contributed by atoms with Crippen molar-refractivity contribution in [3.8, 4) is 0 Å². The summed E-state index contributed by atoms with van der Waals surface area (Å²) in [5.41, 5.74) is -0.0161. The summed E-state index contributed by atoms with van der Waals surface area (Å²) in [5, 5.41) is 10.1. The second-order valence-electron chi connectivity index (χ2n) is 8.19. The molecule has 0 aromatic carbocycles. The van der Waals surface area contributed by atoms with E-state index in [4.69, 9.17) is 9.47 Å². The van der Waals surface area contributed by atoms with Gasteiger partial charge in [0.25, 0.3) is 0 Å². The van der Waals surface area contributed by atoms with Gasteiger partial charge in [-0.1, -0.05) is 20.3 Å². The molecule has 9 heteroatoms. The summed E-state index contributed by atoms with van der Waals surface area (Å²) >= 11 is 0. The first-order chi connectivity index (χ1) is 13.9. The van der Waals surface area contributed by atoms with Gasteiger partial charge in [0.2, 0.25) is 0 Å². The largest absolute Gasteiger partial charge is 0.480 e. The summed E-state index contributed by atoms with van der Waals surface area (Å²) in [6, 6.07) is 0.781. The zero-order chi connectivity index (χ0) is 22.8. The maximum Gasteiger partial charge on any atom is 0.420 e. The molecular formula is C21H29N3O6. The Morgan fingerprint density at radius 1 is 1.30 bits per heavy atom. The lowest BCUT2D eigenvalue weighted by molar-refractivity contribution is -0.139. The van der Waals surface area contributed by atoms with Crippen molar-refractivity contribution in [2.45, 2.75) is 52.7 Å². The maximum absolute atomic E-state index is 12.7. The summed E-state index contributed by atoms with van der Waals surface area (Å²) in [6.45, 7) is 8.95. The molecule has 0 aliphatic carbocycles. The van der Waals surface area contributed by atoms with Crippen LogP contribution in [0.5, 0.6) is 0 Å². The molecule has 0 aliphatic rings. The number of carboxylic acid groups (broad SMARTS) is 1. The van der Waals surface area contributed by atoms with Gasteiger partial charge in [0.1, 0.15) is 11.6 Å². The minimum Gasteiger partial charge on any atom is -0.480 e. The van der Waals surface area contributed by atoms with Crippen molar-refractivity contribution >= 4 is 34.8 Å². The number of hydrogen-bond acceptors (Lipinski definition) is 7. The molecule has 0 radical (unpaired) electrons. The highest BCUT2D eigenvalue weighted by Crippen LogP contribution is 2.33. The molecule has 0 amide bonds. The third kappa shape index (κ3) is 4.55. The van der Waals surface area contributed by atoms with Crippen molar-refractivity contribution in [2.24, 2.45) is 5.92 Å². The Hall–Kier alpha value is -3.10. The van der Waals surface area contributed by atoms with Crippen molar-refractivity contribution in [3.05, 3.63) is 24.0 Å². The Kier molecular flexibility index (Phi) is 6.74. The molecule has 30 heavy (non-hydrogen) atoms. The molecule has 0 bridgehead atoms. The Labute approximate surface area is 175 Å². The molecule has 1 N–H and O–H groups in total. The predicted molar refractivity (Wildman–Crippen MR) is 112 cm³/mol. The second kappa shape index (κ2) is 8.73. The highest BCUT2D eigenvalue weighted by atomic mass is 16.6. The van der Waals surface area contributed by atoms with Crippen molar-refractivity contribution in [1.82, 2.24) is 9.55 Å². The SMILES string of the molecule is CC[C@H](C)[C@H](C(=O)O)N(C)c1ccnc2c1c(C(=O)OC)cn2C(=O)OC(C)(C)C. The molecule has 0 fully saturated rings. The van der Waals surface area contributed by atoms with E-state index >= 15 is 0 Å². The molecule has 2 aromatic heterocycles. The van der Waals surface area contributed by atoms with E-state index < -0.39 is 29.7 Å². The van der Waals surface area contributed by atoms with Crippen LogP contribution in [0.4, 0.5) is 10.5 Å². The number of esters is 1. The normalized spacial score (nSPS) is 13.6. The first-order valence-corrected chi connectivity index (χ1v) is 9.70. The number of nitrogens with zero attached hydrogens (tertiary/aromatic N) is 3. The lowest BCUT2D eigenvalue weighted by Gasteiger charge is -2.31. The van der Waals surface area contributed by atoms with Gasteiger partial charge in [-0.05, 0) is 32.8 Å². The van der Waals surface area contributed by atoms with Gasteiger partial charge in [0.15, 0.2) is 5.65 Å². The summed E-state index contributed by atoms with van der Waals surface area (Å²) in [7, 11) is 2.88. The number of carboxylic acids is 1. The van der Waals surface area contributed by atoms with Gasteiger partial charge >= 0.3 is 18.0 Å². The second-order valence-corrected chi connectivity index (χ2v) is 8.19. The van der Waals surface area contributed by atoms with Gasteiger partial charge in [-0.3, -0.25) is 0 Å². The van der Waals surface area contributed by atoms with E-state index in [0.717, 1.165) is 4.57 Å². The van der Waals surface area contributed by atoms with Gasteiger partial charge in [0, 0.05) is 19.4 Å². The number of carbonyl (C=O) groups excluding carboxylic acids is 2. The van der Waals surface area contributed by atoms with Gasteiger partial charge in [-0.2, -0.15) is 0 Å². The quantitative estimate of drug-likeness (QED) is 0.708. The first-order valence-electron chi connectivity index (χ1n) is 9.70. The Morgan fingerprint density at radius 2 is 1.93 bits per heavy atom. The Balaban J connectivity index is 2.74. The molecule has 0 unspecified atom stereocenters. The number of pyridine rings is 1. The third-order valence-corrected chi connectivity index (χ3v) is 4.89. The van der Waals surface area contributed by atoms with Crippen LogP contribution >= 0.6 is 0 Å². The fourth-order valence-corrected chi connectivity index (χ4v) is 3.31. The van der Waals surface area contributed by atoms with Crippen LogP contribution in [0.3, 0.4) is 0 Å². The van der Waals surface area contributed by atoms with Gasteiger partial charge in [0.05, 0.1) is 23.7 Å². The fraction of sp³-hybridized carbons (Fsp3) is 0.524. The number of anilines is 1. The molecule has 0 aliphatic heterocycles. The molecule has 164 valence electrons. The number of methoxy groups -OCH3 is 1. The zero-order valence-electron chi connectivity index (χ0n) is 18.4. The highest BCUT2D eigenvalue weighted by molar-refractivity contribution is 6.10. The van der Waals surface area contributed by atoms with Crippen LogP contribution in [-0.2, 0) is 14.3 Å². The van der Waals surface area contributed by atoms with Gasteiger partial charge in [-0.15, -0.1) is 0 Å². The van der Waals surface area contributed by atoms with Gasteiger partial charge in [-0.25, -0.2) is 23.9 Å². The molecule has 0 spiro atoms. The van der Waals surface area contributed by atoms with E-state index in [1.807, 2.05) is 13.8 Å². The maximum atomic E-state index is 12.7. The minimum absolute atomic E-state index is 0.0987. The van der Waals surface area contributed by atoms with Crippen LogP contribution < -0.4 is 4.90 Å². The van der Waals surface area contributed by atoms with E-state index in [0.29, 0.717) is 17.5 Å². The molecular weight excluding hydrogens is 390 g/mol. The average molecular weight is 419 g/mol. The van der Waals surface area contributed by atoms with E-state index in [1.165, 1.54) is 19.5 Å². The van der Waals surface area contributed by atoms with Crippen LogP contribution in [0.2, 0.25) is 0 Å². The molecule has 0 saturated heterocycles. The molecule has 2 heterocycles. The molecule has 2 atom stereocenters. The number of rotatable bonds is 6. The van der Waals surface area contributed by atoms with Crippen molar-refractivity contribution in [2.75, 3.05) is 19.1 Å². The van der Waals surface area contributed by atoms with Crippen LogP contribution in [0.15, 0.2) is 18.5 Å². The number of carbonyl (C=O) groups is 3. The molecule has 2 aromatic rings. The highest BCUT2D eigenvalue weighted by Gasteiger charge is 2.32. The first kappa shape index (κ1) is 23.2. The van der Waals surface area contributed by atoms with Crippen molar-refractivity contribution in [1.29, 1.82) is 0 Å². The molecule has 9 nitrogen and oxygen atoms in total. The van der Waals surface area contributed by atoms with E-state index in [1.54, 1.807) is 38.8 Å². The fourth-order valence-electron chi connectivity index (χ4n) is 3.31. The average Bonchev–Trinajstić information content (AvgIpc) is 3.05. The summed E-state index contributed by atoms with van der Waals surface area (Å²) in [5.74, 6) is -1.81. The van der Waals surface area contributed by atoms with Crippen molar-refractivity contribution in [3.63, 3.8) is 0 Å². The Bertz CT molecular complexity index is 960. The van der Waals surface area contributed by atoms with Crippen molar-refractivity contribution < 1.29 is 29.0 Å². The minimum atomic E-state index is -0.983. The standard InChI is InChI=1S/C21H29N3O6/c1-8-12(2)16(18(25)26)23(6)14-9-10-22-17-15(14)13(19(27)29-7)11-24(17)20(28)30-21(3,4)5/h9-12,16H,8H2,1-7H3,(H,25,26)/t12-,16+/m0/s1. The molecule has 2 rings (SSSR count). The summed E-state index contributed by atoms with van der Waals surface area (Å²) < 4.78 is 11.4. The lowest BCUT2D eigenvalue weighted by atomic mass is 9.97. The van der Waals surface area contributed by atoms with E-state index in [2.05, 4.69) is 4.98 Å². The van der Waals surface area contributed by atoms with Crippen LogP contribution in [0.25, 0.3) is 11.0 Å². The number of hydrogen-bond donors (Lipinski definition) is 1. The van der Waals surface area contributed by atoms with E-state index in [-0.39, 0.29) is 17.1 Å². The van der Waals surface area contributed by atoms with Crippen LogP contribution in [-0.4, -0.2) is 58.5 Å². The Morgan fingerprint density at radius 3 is 2.43 bits per heavy atom. The topological polar surface area (TPSA) is 111 Å². The smallest absolute Gasteiger partial charge is 0.420 e. The van der Waals surface area contributed by atoms with Crippen LogP contribution in [0.1, 0.15) is 51.4 Å².